The Bertz CT molecular complexity index is 1510. The molecule has 2 aliphatic rings. The number of nitrogens with zero attached hydrogens (tertiary/aromatic N) is 2. The summed E-state index contributed by atoms with van der Waals surface area (Å²) in [6.45, 7) is 5.19. The van der Waals surface area contributed by atoms with Crippen LogP contribution in [-0.4, -0.2) is 69.6 Å². The third-order valence-corrected chi connectivity index (χ3v) is 9.85. The monoisotopic (exact) mass is 578 g/mol. The normalized spacial score (nSPS) is 21.3. The summed E-state index contributed by atoms with van der Waals surface area (Å²) in [5.74, 6) is 1.10. The second-order valence-corrected chi connectivity index (χ2v) is 12.8. The largest absolute Gasteiger partial charge is 0.497 e. The summed E-state index contributed by atoms with van der Waals surface area (Å²) in [5, 5.41) is 0. The summed E-state index contributed by atoms with van der Waals surface area (Å²) in [6.07, 6.45) is 0.899. The Hall–Kier alpha value is -3.40. The van der Waals surface area contributed by atoms with E-state index in [4.69, 9.17) is 14.2 Å². The van der Waals surface area contributed by atoms with Crippen LogP contribution in [0.4, 0.5) is 0 Å². The van der Waals surface area contributed by atoms with Gasteiger partial charge in [0.15, 0.2) is 0 Å². The zero-order valence-electron chi connectivity index (χ0n) is 24.1. The lowest BCUT2D eigenvalue weighted by Gasteiger charge is -2.25. The maximum Gasteiger partial charge on any atom is 0.254 e. The van der Waals surface area contributed by atoms with Crippen LogP contribution in [0.1, 0.15) is 51.5 Å². The van der Waals surface area contributed by atoms with Gasteiger partial charge in [-0.15, -0.1) is 0 Å². The van der Waals surface area contributed by atoms with Gasteiger partial charge in [0.05, 0.1) is 26.0 Å². The second kappa shape index (κ2) is 12.2. The quantitative estimate of drug-likeness (QED) is 0.359. The predicted octanol–water partition coefficient (Wildman–Crippen LogP) is 4.90. The Balaban J connectivity index is 1.28. The number of hydrogen-bond donors (Lipinski definition) is 0. The van der Waals surface area contributed by atoms with E-state index in [9.17, 15) is 13.2 Å². The third kappa shape index (κ3) is 6.42. The fourth-order valence-corrected chi connectivity index (χ4v) is 7.61. The average Bonchev–Trinajstić information content (AvgIpc) is 3.62. The highest BCUT2D eigenvalue weighted by Crippen LogP contribution is 2.36. The molecular weight excluding hydrogens is 540 g/mol. The van der Waals surface area contributed by atoms with Gasteiger partial charge in [-0.3, -0.25) is 4.79 Å². The van der Waals surface area contributed by atoms with Crippen LogP contribution in [0.25, 0.3) is 0 Å². The van der Waals surface area contributed by atoms with Crippen LogP contribution in [0.2, 0.25) is 0 Å². The Morgan fingerprint density at radius 2 is 1.68 bits per heavy atom. The molecule has 3 atom stereocenters. The number of amides is 1. The van der Waals surface area contributed by atoms with Crippen LogP contribution in [0.15, 0.2) is 66.7 Å². The summed E-state index contributed by atoms with van der Waals surface area (Å²) in [7, 11) is -0.363. The van der Waals surface area contributed by atoms with Crippen molar-refractivity contribution in [1.82, 2.24) is 9.21 Å². The molecule has 8 nitrogen and oxygen atoms in total. The first-order chi connectivity index (χ1) is 19.7. The van der Waals surface area contributed by atoms with E-state index < -0.39 is 10.0 Å². The zero-order chi connectivity index (χ0) is 29.1. The summed E-state index contributed by atoms with van der Waals surface area (Å²) in [6, 6.07) is 20.5. The molecule has 5 rings (SSSR count). The molecular formula is C32H38N2O6S. The molecule has 0 aliphatic carbocycles. The van der Waals surface area contributed by atoms with Crippen LogP contribution in [-0.2, 0) is 20.5 Å². The summed E-state index contributed by atoms with van der Waals surface area (Å²) in [4.78, 5) is 15.1. The molecule has 0 bridgehead atoms. The highest BCUT2D eigenvalue weighted by Gasteiger charge is 2.38. The molecule has 3 aromatic rings. The SMILES string of the molecule is COc1cccc(C2CCCN2S(=O)(=O)Cc2cccc(OC3CN(C(=O)c4cc(C)ccc4C)CC3OC)c2)c1. The fourth-order valence-electron chi connectivity index (χ4n) is 5.82. The van der Waals surface area contributed by atoms with Crippen molar-refractivity contribution in [2.75, 3.05) is 33.9 Å². The Morgan fingerprint density at radius 3 is 2.46 bits per heavy atom. The van der Waals surface area contributed by atoms with Gasteiger partial charge in [0, 0.05) is 25.3 Å². The summed E-state index contributed by atoms with van der Waals surface area (Å²) in [5.41, 5.74) is 4.23. The maximum absolute atomic E-state index is 13.6. The maximum atomic E-state index is 13.6. The van der Waals surface area contributed by atoms with Gasteiger partial charge >= 0.3 is 0 Å². The number of rotatable bonds is 9. The first kappa shape index (κ1) is 29.1. The minimum absolute atomic E-state index is 0.0459. The minimum Gasteiger partial charge on any atom is -0.497 e. The van der Waals surface area contributed by atoms with Crippen molar-refractivity contribution in [3.63, 3.8) is 0 Å². The molecule has 0 saturated carbocycles. The van der Waals surface area contributed by atoms with Gasteiger partial charge in [-0.2, -0.15) is 4.31 Å². The van der Waals surface area contributed by atoms with Crippen molar-refractivity contribution in [3.8, 4) is 11.5 Å². The first-order valence-electron chi connectivity index (χ1n) is 14.0. The van der Waals surface area contributed by atoms with Crippen LogP contribution in [0.5, 0.6) is 11.5 Å². The lowest BCUT2D eigenvalue weighted by molar-refractivity contribution is 0.0339. The van der Waals surface area contributed by atoms with E-state index >= 15 is 0 Å². The number of carbonyl (C=O) groups is 1. The van der Waals surface area contributed by atoms with E-state index in [0.717, 1.165) is 29.5 Å². The Labute approximate surface area is 242 Å². The van der Waals surface area contributed by atoms with Gasteiger partial charge in [-0.25, -0.2) is 8.42 Å². The predicted molar refractivity (Wildman–Crippen MR) is 158 cm³/mol. The van der Waals surface area contributed by atoms with Gasteiger partial charge in [0.1, 0.15) is 23.7 Å². The van der Waals surface area contributed by atoms with Crippen LogP contribution >= 0.6 is 0 Å². The standard InChI is InChI=1S/C32H38N2O6S/c1-22-13-14-23(2)28(16-22)32(35)33-19-30(39-4)31(20-33)40-27-11-5-8-24(17-27)21-41(36,37)34-15-7-12-29(34)25-9-6-10-26(18-25)38-3/h5-6,8-11,13-14,16-18,29-31H,7,12,15,19-21H2,1-4H3. The average molecular weight is 579 g/mol. The number of carbonyl (C=O) groups excluding carboxylic acids is 1. The number of likely N-dealkylation sites (tertiary alicyclic amines) is 1. The van der Waals surface area contributed by atoms with Gasteiger partial charge in [-0.1, -0.05) is 42.0 Å². The van der Waals surface area contributed by atoms with E-state index in [0.29, 0.717) is 42.3 Å². The molecule has 0 radical (unpaired) electrons. The van der Waals surface area contributed by atoms with Gasteiger partial charge in [-0.05, 0) is 73.7 Å². The number of aryl methyl sites for hydroxylation is 2. The molecule has 3 aromatic carbocycles. The molecule has 9 heteroatoms. The lowest BCUT2D eigenvalue weighted by atomic mass is 10.0. The number of benzene rings is 3. The first-order valence-corrected chi connectivity index (χ1v) is 15.6. The molecule has 0 spiro atoms. The summed E-state index contributed by atoms with van der Waals surface area (Å²) < 4.78 is 46.1. The molecule has 3 unspecified atom stereocenters. The Kier molecular flexibility index (Phi) is 8.68. The van der Waals surface area contributed by atoms with Crippen molar-refractivity contribution >= 4 is 15.9 Å². The lowest BCUT2D eigenvalue weighted by Crippen LogP contribution is -2.32. The molecule has 0 aromatic heterocycles. The molecule has 0 N–H and O–H groups in total. The van der Waals surface area contributed by atoms with Gasteiger partial charge < -0.3 is 19.1 Å². The molecule has 2 aliphatic heterocycles. The van der Waals surface area contributed by atoms with Crippen LogP contribution in [0.3, 0.4) is 0 Å². The van der Waals surface area contributed by atoms with Crippen molar-refractivity contribution in [2.24, 2.45) is 0 Å². The van der Waals surface area contributed by atoms with Gasteiger partial charge in [0.25, 0.3) is 5.91 Å². The molecule has 2 heterocycles. The molecule has 1 amide bonds. The van der Waals surface area contributed by atoms with E-state index in [1.54, 1.807) is 41.6 Å². The Morgan fingerprint density at radius 1 is 0.927 bits per heavy atom. The third-order valence-electron chi connectivity index (χ3n) is 8.00. The second-order valence-electron chi connectivity index (χ2n) is 10.9. The highest BCUT2D eigenvalue weighted by molar-refractivity contribution is 7.88. The minimum atomic E-state index is -3.59. The van der Waals surface area contributed by atoms with E-state index in [-0.39, 0.29) is 29.9 Å². The number of sulfonamides is 1. The molecule has 2 fully saturated rings. The van der Waals surface area contributed by atoms with Crippen LogP contribution in [0, 0.1) is 13.8 Å². The zero-order valence-corrected chi connectivity index (χ0v) is 24.9. The number of hydrogen-bond acceptors (Lipinski definition) is 6. The molecule has 2 saturated heterocycles. The highest BCUT2D eigenvalue weighted by atomic mass is 32.2. The van der Waals surface area contributed by atoms with Gasteiger partial charge in [0.2, 0.25) is 10.0 Å². The topological polar surface area (TPSA) is 85.4 Å². The smallest absolute Gasteiger partial charge is 0.254 e. The van der Waals surface area contributed by atoms with E-state index in [1.165, 1.54) is 0 Å². The van der Waals surface area contributed by atoms with Crippen molar-refractivity contribution < 1.29 is 27.4 Å². The molecule has 218 valence electrons. The fraction of sp³-hybridized carbons (Fsp3) is 0.406. The van der Waals surface area contributed by atoms with Crippen molar-refractivity contribution in [1.29, 1.82) is 0 Å². The van der Waals surface area contributed by atoms with E-state index in [2.05, 4.69) is 0 Å². The molecule has 41 heavy (non-hydrogen) atoms. The summed E-state index contributed by atoms with van der Waals surface area (Å²) >= 11 is 0. The van der Waals surface area contributed by atoms with E-state index in [1.807, 2.05) is 62.4 Å². The van der Waals surface area contributed by atoms with Crippen LogP contribution < -0.4 is 9.47 Å². The number of methoxy groups -OCH3 is 2. The van der Waals surface area contributed by atoms with Crippen molar-refractivity contribution in [3.05, 3.63) is 94.5 Å². The van der Waals surface area contributed by atoms with Crippen molar-refractivity contribution in [2.45, 2.75) is 50.7 Å². The number of ether oxygens (including phenoxy) is 3.